The fourth-order valence-corrected chi connectivity index (χ4v) is 1.48. The van der Waals surface area contributed by atoms with Crippen LogP contribution in [0, 0.1) is 6.20 Å². The van der Waals surface area contributed by atoms with Crippen LogP contribution in [0.1, 0.15) is 38.4 Å². The molecule has 0 amide bonds. The molecule has 0 spiro atoms. The predicted octanol–water partition coefficient (Wildman–Crippen LogP) is 2.22. The molecule has 0 saturated carbocycles. The molecule has 0 unspecified atom stereocenters. The molecule has 12 heavy (non-hydrogen) atoms. The van der Waals surface area contributed by atoms with Crippen molar-refractivity contribution in [2.45, 2.75) is 46.6 Å². The van der Waals surface area contributed by atoms with Crippen molar-refractivity contribution in [3.8, 4) is 0 Å². The number of aryl methyl sites for hydroxylation is 2. The van der Waals surface area contributed by atoms with Crippen molar-refractivity contribution in [3.05, 3.63) is 17.5 Å². The lowest BCUT2D eigenvalue weighted by molar-refractivity contribution is 0.575. The third-order valence-electron chi connectivity index (χ3n) is 2.09. The Bertz CT molecular complexity index is 238. The first-order chi connectivity index (χ1) is 5.83. The van der Waals surface area contributed by atoms with Crippen molar-refractivity contribution in [3.63, 3.8) is 0 Å². The predicted molar refractivity (Wildman–Crippen MR) is 50.1 cm³/mol. The van der Waals surface area contributed by atoms with E-state index in [-0.39, 0.29) is 0 Å². The van der Waals surface area contributed by atoms with Crippen molar-refractivity contribution in [2.24, 2.45) is 0 Å². The van der Waals surface area contributed by atoms with E-state index < -0.39 is 0 Å². The van der Waals surface area contributed by atoms with E-state index in [2.05, 4.69) is 36.7 Å². The third kappa shape index (κ3) is 1.68. The third-order valence-corrected chi connectivity index (χ3v) is 2.09. The van der Waals surface area contributed by atoms with Crippen molar-refractivity contribution in [2.75, 3.05) is 0 Å². The summed E-state index contributed by atoms with van der Waals surface area (Å²) in [4.78, 5) is 0. The smallest absolute Gasteiger partial charge is 0.116 e. The second-order valence-electron chi connectivity index (χ2n) is 2.97. The highest BCUT2D eigenvalue weighted by Crippen LogP contribution is 2.09. The molecule has 2 heteroatoms. The molecule has 1 rings (SSSR count). The maximum atomic E-state index is 4.24. The standard InChI is InChI=1S/C10H17N2/c1-4-7-12-10(6-3)9(5-2)8-11-12/h4-7H2,1-3H3. The molecule has 0 aliphatic carbocycles. The number of hydrogen-bond donors (Lipinski definition) is 0. The average molecular weight is 165 g/mol. The maximum absolute atomic E-state index is 4.24. The molecule has 1 aromatic heterocycles. The van der Waals surface area contributed by atoms with Crippen LogP contribution in [0.3, 0.4) is 0 Å². The van der Waals surface area contributed by atoms with E-state index in [1.165, 1.54) is 11.3 Å². The normalized spacial score (nSPS) is 10.6. The summed E-state index contributed by atoms with van der Waals surface area (Å²) in [5.41, 5.74) is 2.64. The molecule has 0 saturated heterocycles. The minimum Gasteiger partial charge on any atom is -0.269 e. The average Bonchev–Trinajstić information content (AvgIpc) is 2.47. The summed E-state index contributed by atoms with van der Waals surface area (Å²) in [7, 11) is 0. The summed E-state index contributed by atoms with van der Waals surface area (Å²) in [6.45, 7) is 7.53. The monoisotopic (exact) mass is 165 g/mol. The minimum absolute atomic E-state index is 1.03. The molecule has 0 fully saturated rings. The topological polar surface area (TPSA) is 17.8 Å². The Hall–Kier alpha value is -0.790. The summed E-state index contributed by atoms with van der Waals surface area (Å²) >= 11 is 0. The van der Waals surface area contributed by atoms with Crippen molar-refractivity contribution < 1.29 is 0 Å². The zero-order valence-corrected chi connectivity index (χ0v) is 8.22. The van der Waals surface area contributed by atoms with E-state index in [1.807, 2.05) is 0 Å². The quantitative estimate of drug-likeness (QED) is 0.669. The van der Waals surface area contributed by atoms with Gasteiger partial charge in [0.15, 0.2) is 0 Å². The zero-order valence-electron chi connectivity index (χ0n) is 8.22. The second kappa shape index (κ2) is 4.29. The van der Waals surface area contributed by atoms with Crippen LogP contribution in [-0.4, -0.2) is 9.78 Å². The lowest BCUT2D eigenvalue weighted by Crippen LogP contribution is -2.04. The Morgan fingerprint density at radius 2 is 2.00 bits per heavy atom. The van der Waals surface area contributed by atoms with E-state index in [4.69, 9.17) is 0 Å². The lowest BCUT2D eigenvalue weighted by atomic mass is 10.1. The van der Waals surface area contributed by atoms with Gasteiger partial charge in [0.05, 0.1) is 0 Å². The lowest BCUT2D eigenvalue weighted by Gasteiger charge is -2.04. The van der Waals surface area contributed by atoms with Gasteiger partial charge in [0.25, 0.3) is 0 Å². The van der Waals surface area contributed by atoms with Crippen LogP contribution in [0.15, 0.2) is 0 Å². The Morgan fingerprint density at radius 1 is 1.25 bits per heavy atom. The van der Waals surface area contributed by atoms with Gasteiger partial charge in [0.2, 0.25) is 0 Å². The highest BCUT2D eigenvalue weighted by molar-refractivity contribution is 5.16. The molecule has 0 atom stereocenters. The largest absolute Gasteiger partial charge is 0.269 e. The Morgan fingerprint density at radius 3 is 2.50 bits per heavy atom. The van der Waals surface area contributed by atoms with E-state index in [9.17, 15) is 0 Å². The molecule has 1 heterocycles. The Labute approximate surface area is 74.6 Å². The van der Waals surface area contributed by atoms with Crippen molar-refractivity contribution in [1.82, 2.24) is 9.78 Å². The van der Waals surface area contributed by atoms with Crippen molar-refractivity contribution >= 4 is 0 Å². The van der Waals surface area contributed by atoms with Crippen LogP contribution in [0.2, 0.25) is 0 Å². The first-order valence-corrected chi connectivity index (χ1v) is 4.79. The molecule has 0 aliphatic heterocycles. The summed E-state index contributed by atoms with van der Waals surface area (Å²) in [6.07, 6.45) is 6.33. The van der Waals surface area contributed by atoms with E-state index in [0.717, 1.165) is 25.8 Å². The van der Waals surface area contributed by atoms with Gasteiger partial charge in [-0.2, -0.15) is 5.10 Å². The number of aromatic nitrogens is 2. The van der Waals surface area contributed by atoms with E-state index in [0.29, 0.717) is 0 Å². The molecule has 0 aliphatic rings. The SMILES string of the molecule is CCCn1n[c]c(CC)c1CC. The van der Waals surface area contributed by atoms with Crippen LogP contribution in [-0.2, 0) is 19.4 Å². The number of hydrogen-bond acceptors (Lipinski definition) is 1. The van der Waals surface area contributed by atoms with Crippen LogP contribution >= 0.6 is 0 Å². The van der Waals surface area contributed by atoms with E-state index in [1.54, 1.807) is 0 Å². The highest BCUT2D eigenvalue weighted by atomic mass is 15.3. The molecule has 1 radical (unpaired) electrons. The van der Waals surface area contributed by atoms with E-state index >= 15 is 0 Å². The fraction of sp³-hybridized carbons (Fsp3) is 0.700. The maximum Gasteiger partial charge on any atom is 0.116 e. The summed E-state index contributed by atoms with van der Waals surface area (Å²) in [6, 6.07) is 0. The van der Waals surface area contributed by atoms with Crippen LogP contribution in [0.5, 0.6) is 0 Å². The number of nitrogens with zero attached hydrogens (tertiary/aromatic N) is 2. The van der Waals surface area contributed by atoms with Gasteiger partial charge in [0.1, 0.15) is 6.20 Å². The summed E-state index contributed by atoms with van der Waals surface area (Å²) in [5, 5.41) is 4.24. The molecule has 67 valence electrons. The molecule has 0 aromatic carbocycles. The first kappa shape index (κ1) is 9.30. The molecule has 2 nitrogen and oxygen atoms in total. The molecular weight excluding hydrogens is 148 g/mol. The highest BCUT2D eigenvalue weighted by Gasteiger charge is 2.06. The first-order valence-electron chi connectivity index (χ1n) is 4.79. The minimum atomic E-state index is 1.03. The fourth-order valence-electron chi connectivity index (χ4n) is 1.48. The van der Waals surface area contributed by atoms with Crippen LogP contribution in [0.25, 0.3) is 0 Å². The van der Waals surface area contributed by atoms with Gasteiger partial charge in [-0.05, 0) is 19.3 Å². The van der Waals surface area contributed by atoms with Crippen LogP contribution < -0.4 is 0 Å². The molecule has 1 aromatic rings. The van der Waals surface area contributed by atoms with Crippen LogP contribution in [0.4, 0.5) is 0 Å². The van der Waals surface area contributed by atoms with Gasteiger partial charge in [0, 0.05) is 17.8 Å². The number of rotatable bonds is 4. The molecule has 0 bridgehead atoms. The van der Waals surface area contributed by atoms with Gasteiger partial charge in [-0.1, -0.05) is 20.8 Å². The summed E-state index contributed by atoms with van der Waals surface area (Å²) in [5.74, 6) is 0. The summed E-state index contributed by atoms with van der Waals surface area (Å²) < 4.78 is 2.08. The van der Waals surface area contributed by atoms with Gasteiger partial charge in [-0.25, -0.2) is 0 Å². The van der Waals surface area contributed by atoms with Crippen molar-refractivity contribution in [1.29, 1.82) is 0 Å². The molecule has 0 N–H and O–H groups in total. The van der Waals surface area contributed by atoms with Gasteiger partial charge >= 0.3 is 0 Å². The van der Waals surface area contributed by atoms with Gasteiger partial charge < -0.3 is 0 Å². The second-order valence-corrected chi connectivity index (χ2v) is 2.97. The van der Waals surface area contributed by atoms with Gasteiger partial charge in [-0.3, -0.25) is 4.68 Å². The van der Waals surface area contributed by atoms with Gasteiger partial charge in [-0.15, -0.1) is 0 Å². The Balaban J connectivity index is 2.88. The molecular formula is C10H17N2. The zero-order chi connectivity index (χ0) is 8.97. The Kier molecular flexibility index (Phi) is 3.32.